The molecule has 0 spiro atoms. The van der Waals surface area contributed by atoms with E-state index in [0.717, 1.165) is 18.4 Å². The fourth-order valence-corrected chi connectivity index (χ4v) is 4.09. The summed E-state index contributed by atoms with van der Waals surface area (Å²) >= 11 is 0. The number of carbonyl (C=O) groups is 1. The van der Waals surface area contributed by atoms with Crippen LogP contribution in [0, 0.1) is 0 Å². The number of rotatable bonds is 6. The van der Waals surface area contributed by atoms with Gasteiger partial charge >= 0.3 is 0 Å². The van der Waals surface area contributed by atoms with Gasteiger partial charge in [0, 0.05) is 20.6 Å². The maximum absolute atomic E-state index is 12.7. The predicted octanol–water partition coefficient (Wildman–Crippen LogP) is 2.28. The minimum atomic E-state index is -3.55. The largest absolute Gasteiger partial charge is 0.351 e. The highest BCUT2D eigenvalue weighted by atomic mass is 32.2. The molecule has 1 fully saturated rings. The maximum atomic E-state index is 12.7. The van der Waals surface area contributed by atoms with Gasteiger partial charge in [-0.2, -0.15) is 0 Å². The first-order valence-corrected chi connectivity index (χ1v) is 9.66. The molecule has 0 unspecified atom stereocenters. The molecule has 132 valence electrons. The van der Waals surface area contributed by atoms with E-state index in [1.54, 1.807) is 24.3 Å². The van der Waals surface area contributed by atoms with Crippen LogP contribution in [0.25, 0.3) is 0 Å². The fraction of sp³-hybridized carbons (Fsp3) is 0.316. The summed E-state index contributed by atoms with van der Waals surface area (Å²) in [5, 5.41) is 2.93. The highest BCUT2D eigenvalue weighted by Crippen LogP contribution is 2.48. The molecule has 2 aromatic rings. The molecule has 0 bridgehead atoms. The van der Waals surface area contributed by atoms with Crippen LogP contribution in [-0.2, 0) is 26.8 Å². The normalized spacial score (nSPS) is 15.8. The second kappa shape index (κ2) is 6.61. The predicted molar refractivity (Wildman–Crippen MR) is 96.5 cm³/mol. The van der Waals surface area contributed by atoms with Crippen molar-refractivity contribution in [2.75, 3.05) is 14.1 Å². The summed E-state index contributed by atoms with van der Waals surface area (Å²) in [6.07, 6.45) is 1.64. The lowest BCUT2D eigenvalue weighted by Gasteiger charge is -2.18. The Bertz CT molecular complexity index is 873. The van der Waals surface area contributed by atoms with Crippen molar-refractivity contribution in [3.05, 3.63) is 65.7 Å². The first kappa shape index (κ1) is 17.6. The highest BCUT2D eigenvalue weighted by Gasteiger charge is 2.50. The van der Waals surface area contributed by atoms with Crippen molar-refractivity contribution >= 4 is 15.9 Å². The molecule has 1 amide bonds. The minimum absolute atomic E-state index is 0.0456. The molecule has 3 rings (SSSR count). The van der Waals surface area contributed by atoms with Gasteiger partial charge in [0.1, 0.15) is 0 Å². The molecule has 0 aromatic heterocycles. The third-order valence-electron chi connectivity index (χ3n) is 4.68. The van der Waals surface area contributed by atoms with Gasteiger partial charge in [-0.15, -0.1) is 0 Å². The number of amides is 1. The van der Waals surface area contributed by atoms with Crippen molar-refractivity contribution < 1.29 is 13.2 Å². The molecule has 25 heavy (non-hydrogen) atoms. The molecule has 6 heteroatoms. The van der Waals surface area contributed by atoms with Crippen LogP contribution in [0.5, 0.6) is 0 Å². The van der Waals surface area contributed by atoms with E-state index in [0.29, 0.717) is 5.56 Å². The number of nitrogens with one attached hydrogen (secondary N) is 1. The van der Waals surface area contributed by atoms with Crippen LogP contribution in [0.15, 0.2) is 59.5 Å². The van der Waals surface area contributed by atoms with Crippen molar-refractivity contribution in [1.82, 2.24) is 9.62 Å². The van der Waals surface area contributed by atoms with Crippen LogP contribution in [0.2, 0.25) is 0 Å². The van der Waals surface area contributed by atoms with Crippen LogP contribution in [0.4, 0.5) is 0 Å². The van der Waals surface area contributed by atoms with Gasteiger partial charge in [0.15, 0.2) is 0 Å². The fourth-order valence-electron chi connectivity index (χ4n) is 2.97. The molecule has 1 aliphatic carbocycles. The SMILES string of the molecule is CN(C)S(=O)(=O)c1ccccc1CNC(=O)C1(c2ccccc2)CC1. The second-order valence-corrected chi connectivity index (χ2v) is 8.65. The molecule has 0 atom stereocenters. The zero-order valence-electron chi connectivity index (χ0n) is 14.4. The first-order valence-electron chi connectivity index (χ1n) is 8.22. The molecule has 2 aromatic carbocycles. The van der Waals surface area contributed by atoms with E-state index in [1.807, 2.05) is 30.3 Å². The summed E-state index contributed by atoms with van der Waals surface area (Å²) in [5.41, 5.74) is 1.14. The van der Waals surface area contributed by atoms with E-state index in [9.17, 15) is 13.2 Å². The van der Waals surface area contributed by atoms with Crippen LogP contribution < -0.4 is 5.32 Å². The highest BCUT2D eigenvalue weighted by molar-refractivity contribution is 7.89. The van der Waals surface area contributed by atoms with Crippen LogP contribution >= 0.6 is 0 Å². The Morgan fingerprint density at radius 2 is 1.64 bits per heavy atom. The minimum Gasteiger partial charge on any atom is -0.351 e. The lowest BCUT2D eigenvalue weighted by molar-refractivity contribution is -0.123. The van der Waals surface area contributed by atoms with E-state index in [4.69, 9.17) is 0 Å². The maximum Gasteiger partial charge on any atom is 0.242 e. The van der Waals surface area contributed by atoms with Gasteiger partial charge in [-0.05, 0) is 30.0 Å². The first-order chi connectivity index (χ1) is 11.9. The molecule has 1 saturated carbocycles. The summed E-state index contributed by atoms with van der Waals surface area (Å²) in [4.78, 5) is 13.0. The average Bonchev–Trinajstić information content (AvgIpc) is 3.42. The number of sulfonamides is 1. The number of hydrogen-bond acceptors (Lipinski definition) is 3. The van der Waals surface area contributed by atoms with Crippen LogP contribution in [-0.4, -0.2) is 32.7 Å². The quantitative estimate of drug-likeness (QED) is 0.861. The van der Waals surface area contributed by atoms with Gasteiger partial charge in [0.25, 0.3) is 0 Å². The summed E-state index contributed by atoms with van der Waals surface area (Å²) < 4.78 is 26.1. The summed E-state index contributed by atoms with van der Waals surface area (Å²) in [5.74, 6) is -0.0456. The topological polar surface area (TPSA) is 66.5 Å². The van der Waals surface area contributed by atoms with E-state index in [1.165, 1.54) is 18.4 Å². The van der Waals surface area contributed by atoms with Gasteiger partial charge in [-0.3, -0.25) is 4.79 Å². The number of benzene rings is 2. The van der Waals surface area contributed by atoms with E-state index in [-0.39, 0.29) is 17.3 Å². The Labute approximate surface area is 148 Å². The molecule has 0 saturated heterocycles. The van der Waals surface area contributed by atoms with E-state index in [2.05, 4.69) is 5.32 Å². The number of nitrogens with zero attached hydrogens (tertiary/aromatic N) is 1. The Hall–Kier alpha value is -2.18. The third kappa shape index (κ3) is 3.32. The average molecular weight is 358 g/mol. The van der Waals surface area contributed by atoms with Crippen molar-refractivity contribution in [2.45, 2.75) is 29.7 Å². The lowest BCUT2D eigenvalue weighted by atomic mass is 9.95. The standard InChI is InChI=1S/C19H22N2O3S/c1-21(2)25(23,24)17-11-7-6-8-15(17)14-20-18(22)19(12-13-19)16-9-4-3-5-10-16/h3-11H,12-14H2,1-2H3,(H,20,22). The van der Waals surface area contributed by atoms with Gasteiger partial charge in [0.05, 0.1) is 10.3 Å². The molecular formula is C19H22N2O3S. The molecule has 0 aliphatic heterocycles. The third-order valence-corrected chi connectivity index (χ3v) is 6.60. The molecule has 0 radical (unpaired) electrons. The lowest BCUT2D eigenvalue weighted by Crippen LogP contribution is -2.35. The smallest absolute Gasteiger partial charge is 0.242 e. The number of carbonyl (C=O) groups excluding carboxylic acids is 1. The molecule has 1 N–H and O–H groups in total. The molecular weight excluding hydrogens is 336 g/mol. The van der Waals surface area contributed by atoms with Gasteiger partial charge in [0.2, 0.25) is 15.9 Å². The van der Waals surface area contributed by atoms with Crippen molar-refractivity contribution in [3.8, 4) is 0 Å². The van der Waals surface area contributed by atoms with Gasteiger partial charge in [-0.25, -0.2) is 12.7 Å². The summed E-state index contributed by atoms with van der Waals surface area (Å²) in [6, 6.07) is 16.5. The van der Waals surface area contributed by atoms with Crippen LogP contribution in [0.1, 0.15) is 24.0 Å². The second-order valence-electron chi connectivity index (χ2n) is 6.53. The summed E-state index contributed by atoms with van der Waals surface area (Å²) in [7, 11) is -0.547. The van der Waals surface area contributed by atoms with Gasteiger partial charge < -0.3 is 5.32 Å². The summed E-state index contributed by atoms with van der Waals surface area (Å²) in [6.45, 7) is 0.191. The van der Waals surface area contributed by atoms with E-state index < -0.39 is 15.4 Å². The van der Waals surface area contributed by atoms with Crippen molar-refractivity contribution in [2.24, 2.45) is 0 Å². The van der Waals surface area contributed by atoms with Crippen molar-refractivity contribution in [1.29, 1.82) is 0 Å². The van der Waals surface area contributed by atoms with E-state index >= 15 is 0 Å². The van der Waals surface area contributed by atoms with Crippen LogP contribution in [0.3, 0.4) is 0 Å². The Kier molecular flexibility index (Phi) is 4.67. The Balaban J connectivity index is 1.78. The Morgan fingerprint density at radius 3 is 2.24 bits per heavy atom. The Morgan fingerprint density at radius 1 is 1.04 bits per heavy atom. The molecule has 5 nitrogen and oxygen atoms in total. The zero-order chi connectivity index (χ0) is 18.1. The number of hydrogen-bond donors (Lipinski definition) is 1. The zero-order valence-corrected chi connectivity index (χ0v) is 15.2. The van der Waals surface area contributed by atoms with Crippen molar-refractivity contribution in [3.63, 3.8) is 0 Å². The molecule has 1 aliphatic rings. The van der Waals surface area contributed by atoms with Gasteiger partial charge in [-0.1, -0.05) is 48.5 Å². The molecule has 0 heterocycles. The monoisotopic (exact) mass is 358 g/mol.